The fraction of sp³-hybridized carbons (Fsp3) is 0. The van der Waals surface area contributed by atoms with Crippen molar-refractivity contribution in [1.29, 1.82) is 0 Å². The van der Waals surface area contributed by atoms with Gasteiger partial charge >= 0.3 is 0 Å². The molecule has 0 spiro atoms. The van der Waals surface area contributed by atoms with Gasteiger partial charge in [0.05, 0.1) is 22.1 Å². The Morgan fingerprint density at radius 3 is 1.74 bits per heavy atom. The zero-order valence-corrected chi connectivity index (χ0v) is 33.6. The number of benzene rings is 10. The normalized spacial score (nSPS) is 12.3. The minimum Gasteiger partial charge on any atom is -0.309 e. The largest absolute Gasteiger partial charge is 0.309 e. The Balaban J connectivity index is 1.13. The van der Waals surface area contributed by atoms with Gasteiger partial charge in [0.25, 0.3) is 0 Å². The minimum absolute atomic E-state index is 0.914. The van der Waals surface area contributed by atoms with Crippen molar-refractivity contribution in [2.45, 2.75) is 0 Å². The van der Waals surface area contributed by atoms with Crippen LogP contribution >= 0.6 is 11.3 Å². The number of nitrogens with zero attached hydrogens (tertiary/aromatic N) is 3. The van der Waals surface area contributed by atoms with E-state index in [9.17, 15) is 0 Å². The lowest BCUT2D eigenvalue weighted by Gasteiger charge is -2.14. The van der Waals surface area contributed by atoms with Gasteiger partial charge in [0.1, 0.15) is 10.6 Å². The number of aromatic nitrogens is 3. The summed E-state index contributed by atoms with van der Waals surface area (Å²) in [6.45, 7) is 0. The van der Waals surface area contributed by atoms with E-state index in [1.165, 1.54) is 102 Å². The summed E-state index contributed by atoms with van der Waals surface area (Å²) in [4.78, 5) is 6.69. The van der Waals surface area contributed by atoms with Crippen molar-refractivity contribution in [3.05, 3.63) is 200 Å². The number of hydrogen-bond donors (Lipinski definition) is 0. The summed E-state index contributed by atoms with van der Waals surface area (Å²) < 4.78 is 6.09. The Bertz CT molecular complexity index is 4130. The van der Waals surface area contributed by atoms with E-state index in [1.807, 2.05) is 0 Å². The van der Waals surface area contributed by atoms with Crippen LogP contribution in [0, 0.1) is 0 Å². The smallest absolute Gasteiger partial charge is 0.139 e. The van der Waals surface area contributed by atoms with Crippen LogP contribution in [-0.2, 0) is 0 Å². The summed E-state index contributed by atoms with van der Waals surface area (Å²) in [6.07, 6.45) is 0. The maximum atomic E-state index is 5.65. The first-order valence-corrected chi connectivity index (χ1v) is 21.7. The molecular formula is C57H33N3S. The molecule has 0 aliphatic heterocycles. The van der Waals surface area contributed by atoms with Crippen LogP contribution in [0.1, 0.15) is 0 Å². The molecule has 0 amide bonds. The molecule has 61 heavy (non-hydrogen) atoms. The number of rotatable bonds is 3. The van der Waals surface area contributed by atoms with Gasteiger partial charge in [0.15, 0.2) is 0 Å². The molecule has 14 rings (SSSR count). The predicted molar refractivity (Wildman–Crippen MR) is 261 cm³/mol. The van der Waals surface area contributed by atoms with E-state index in [0.717, 1.165) is 27.4 Å². The highest BCUT2D eigenvalue weighted by molar-refractivity contribution is 7.25. The van der Waals surface area contributed by atoms with Crippen molar-refractivity contribution in [3.63, 3.8) is 0 Å². The van der Waals surface area contributed by atoms with Crippen LogP contribution in [-0.4, -0.2) is 14.1 Å². The molecule has 4 aromatic heterocycles. The van der Waals surface area contributed by atoms with Gasteiger partial charge in [-0.2, -0.15) is 0 Å². The minimum atomic E-state index is 0.914. The highest BCUT2D eigenvalue weighted by atomic mass is 32.1. The van der Waals surface area contributed by atoms with Crippen molar-refractivity contribution >= 4 is 118 Å². The van der Waals surface area contributed by atoms with Gasteiger partial charge in [-0.05, 0) is 103 Å². The molecule has 0 bridgehead atoms. The molecule has 0 aliphatic carbocycles. The van der Waals surface area contributed by atoms with Gasteiger partial charge in [-0.1, -0.05) is 146 Å². The van der Waals surface area contributed by atoms with Gasteiger partial charge in [-0.25, -0.2) is 4.98 Å². The van der Waals surface area contributed by atoms with E-state index < -0.39 is 0 Å². The molecule has 0 saturated heterocycles. The van der Waals surface area contributed by atoms with Crippen molar-refractivity contribution in [2.24, 2.45) is 0 Å². The molecule has 14 aromatic rings. The Morgan fingerprint density at radius 2 is 0.934 bits per heavy atom. The molecule has 0 fully saturated rings. The lowest BCUT2D eigenvalue weighted by atomic mass is 9.91. The highest BCUT2D eigenvalue weighted by Gasteiger charge is 2.23. The molecule has 0 aliphatic rings. The molecule has 0 N–H and O–H groups in total. The molecule has 0 unspecified atom stereocenters. The van der Waals surface area contributed by atoms with Gasteiger partial charge in [-0.15, -0.1) is 11.3 Å². The van der Waals surface area contributed by atoms with Crippen LogP contribution in [0.3, 0.4) is 0 Å². The zero-order chi connectivity index (χ0) is 39.8. The average molecular weight is 792 g/mol. The molecule has 3 nitrogen and oxygen atoms in total. The van der Waals surface area contributed by atoms with Crippen molar-refractivity contribution in [3.8, 4) is 22.6 Å². The van der Waals surface area contributed by atoms with Crippen LogP contribution in [0.4, 0.5) is 0 Å². The topological polar surface area (TPSA) is 22.8 Å². The number of hydrogen-bond acceptors (Lipinski definition) is 2. The van der Waals surface area contributed by atoms with Gasteiger partial charge in [0, 0.05) is 48.1 Å². The molecular weight excluding hydrogens is 759 g/mol. The van der Waals surface area contributed by atoms with Crippen molar-refractivity contribution < 1.29 is 0 Å². The second-order valence-corrected chi connectivity index (χ2v) is 17.3. The maximum Gasteiger partial charge on any atom is 0.139 e. The summed E-state index contributed by atoms with van der Waals surface area (Å²) in [5, 5.41) is 17.5. The van der Waals surface area contributed by atoms with E-state index in [-0.39, 0.29) is 0 Å². The molecule has 282 valence electrons. The van der Waals surface area contributed by atoms with E-state index in [0.29, 0.717) is 0 Å². The fourth-order valence-electron chi connectivity index (χ4n) is 10.5. The van der Waals surface area contributed by atoms with E-state index in [1.54, 1.807) is 11.3 Å². The highest BCUT2D eigenvalue weighted by Crippen LogP contribution is 2.47. The van der Waals surface area contributed by atoms with E-state index in [4.69, 9.17) is 4.98 Å². The summed E-state index contributed by atoms with van der Waals surface area (Å²) in [7, 11) is 0. The first-order chi connectivity index (χ1) is 30.3. The van der Waals surface area contributed by atoms with E-state index in [2.05, 4.69) is 209 Å². The third-order valence-electron chi connectivity index (χ3n) is 13.1. The standard InChI is InChI=1S/C57H33N3S/c1-2-16-37(17-3-1)59-48-24-12-10-21-41(48)42-27-26-36(32-50(42)59)46-33-53(58-57-55(46)45-23-11-13-25-52(45)61-57)60-49-29-28-44-40-20-7-6-18-38(40)39-19-8-9-22-43(39)54(44)56(49)47-30-34-14-4-5-15-35(34)31-51(47)60/h1-33H. The van der Waals surface area contributed by atoms with Crippen LogP contribution in [0.25, 0.3) is 130 Å². The second-order valence-electron chi connectivity index (χ2n) is 16.3. The summed E-state index contributed by atoms with van der Waals surface area (Å²) in [6, 6.07) is 73.7. The number of para-hydroxylation sites is 2. The Kier molecular flexibility index (Phi) is 6.71. The van der Waals surface area contributed by atoms with Gasteiger partial charge < -0.3 is 4.57 Å². The molecule has 4 heteroatoms. The average Bonchev–Trinajstić information content (AvgIpc) is 3.98. The first kappa shape index (κ1) is 33.1. The lowest BCUT2D eigenvalue weighted by Crippen LogP contribution is -1.99. The monoisotopic (exact) mass is 791 g/mol. The predicted octanol–water partition coefficient (Wildman–Crippen LogP) is 15.9. The third-order valence-corrected chi connectivity index (χ3v) is 14.1. The summed E-state index contributed by atoms with van der Waals surface area (Å²) in [5.74, 6) is 0.914. The third kappa shape index (κ3) is 4.60. The molecule has 0 atom stereocenters. The summed E-state index contributed by atoms with van der Waals surface area (Å²) >= 11 is 1.78. The zero-order valence-electron chi connectivity index (χ0n) is 32.8. The molecule has 4 heterocycles. The van der Waals surface area contributed by atoms with Gasteiger partial charge in [0.2, 0.25) is 0 Å². The Morgan fingerprint density at radius 1 is 0.344 bits per heavy atom. The number of fused-ring (bicyclic) bond motifs is 17. The SMILES string of the molecule is c1ccc(-n2c3ccccc3c3ccc(-c4cc(-n5c6cc7ccccc7cc6c6c7c8ccccc8c8ccccc8c7ccc65)nc5sc6ccccc6c45)cc32)cc1. The van der Waals surface area contributed by atoms with Gasteiger partial charge in [-0.3, -0.25) is 4.57 Å². The van der Waals surface area contributed by atoms with E-state index >= 15 is 0 Å². The Labute approximate surface area is 353 Å². The van der Waals surface area contributed by atoms with Crippen LogP contribution in [0.5, 0.6) is 0 Å². The Hall–Kier alpha value is -7.79. The number of thiophene rings is 1. The summed E-state index contributed by atoms with van der Waals surface area (Å²) in [5.41, 5.74) is 8.18. The van der Waals surface area contributed by atoms with Crippen molar-refractivity contribution in [1.82, 2.24) is 14.1 Å². The lowest BCUT2D eigenvalue weighted by molar-refractivity contribution is 1.11. The van der Waals surface area contributed by atoms with Crippen molar-refractivity contribution in [2.75, 3.05) is 0 Å². The number of pyridine rings is 1. The first-order valence-electron chi connectivity index (χ1n) is 20.9. The fourth-order valence-corrected chi connectivity index (χ4v) is 11.6. The maximum absolute atomic E-state index is 5.65. The molecule has 0 radical (unpaired) electrons. The van der Waals surface area contributed by atoms with Crippen LogP contribution in [0.15, 0.2) is 200 Å². The van der Waals surface area contributed by atoms with Crippen LogP contribution in [0.2, 0.25) is 0 Å². The molecule has 10 aromatic carbocycles. The molecule has 0 saturated carbocycles. The quantitative estimate of drug-likeness (QED) is 0.163. The second kappa shape index (κ2) is 12.4. The van der Waals surface area contributed by atoms with Crippen LogP contribution < -0.4 is 0 Å².